The molecule has 0 bridgehead atoms. The summed E-state index contributed by atoms with van der Waals surface area (Å²) >= 11 is 0. The predicted molar refractivity (Wildman–Crippen MR) is 155 cm³/mol. The fourth-order valence-corrected chi connectivity index (χ4v) is 5.47. The van der Waals surface area contributed by atoms with Crippen molar-refractivity contribution in [2.24, 2.45) is 19.5 Å². The second kappa shape index (κ2) is 11.3. The largest absolute Gasteiger partial charge is 0.351 e. The molecule has 1 aliphatic carbocycles. The van der Waals surface area contributed by atoms with Gasteiger partial charge in [0.2, 0.25) is 11.8 Å². The number of nitrogens with one attached hydrogen (secondary N) is 2. The summed E-state index contributed by atoms with van der Waals surface area (Å²) in [5, 5.41) is 15.2. The number of rotatable bonds is 10. The number of carbonyl (C=O) groups is 2. The van der Waals surface area contributed by atoms with Crippen molar-refractivity contribution in [3.8, 4) is 0 Å². The van der Waals surface area contributed by atoms with Crippen LogP contribution in [-0.2, 0) is 56.0 Å². The number of hydrogen-bond acceptors (Lipinski definition) is 4. The van der Waals surface area contributed by atoms with Crippen LogP contribution in [0.1, 0.15) is 45.0 Å². The van der Waals surface area contributed by atoms with Gasteiger partial charge in [0.05, 0.1) is 11.4 Å². The quantitative estimate of drug-likeness (QED) is 0.302. The van der Waals surface area contributed by atoms with E-state index in [1.807, 2.05) is 76.5 Å². The van der Waals surface area contributed by atoms with Crippen molar-refractivity contribution in [2.75, 3.05) is 0 Å². The van der Waals surface area contributed by atoms with Crippen LogP contribution in [0.15, 0.2) is 66.7 Å². The van der Waals surface area contributed by atoms with Gasteiger partial charge in [0.1, 0.15) is 5.41 Å². The smallest absolute Gasteiger partial charge is 0.236 e. The Morgan fingerprint density at radius 1 is 0.800 bits per heavy atom. The zero-order valence-corrected chi connectivity index (χ0v) is 23.6. The Morgan fingerprint density at radius 3 is 1.93 bits per heavy atom. The monoisotopic (exact) mass is 536 g/mol. The Bertz CT molecular complexity index is 1520. The summed E-state index contributed by atoms with van der Waals surface area (Å²) in [6.45, 7) is 4.46. The van der Waals surface area contributed by atoms with Crippen LogP contribution in [-0.4, -0.2) is 31.4 Å². The number of carbonyl (C=O) groups excluding carboxylic acids is 2. The Labute approximate surface area is 235 Å². The van der Waals surface area contributed by atoms with Crippen molar-refractivity contribution in [3.63, 3.8) is 0 Å². The molecule has 206 valence electrons. The van der Waals surface area contributed by atoms with Gasteiger partial charge in [-0.1, -0.05) is 54.6 Å². The first-order chi connectivity index (χ1) is 19.2. The second-order valence-electron chi connectivity index (χ2n) is 10.7. The lowest BCUT2D eigenvalue weighted by Crippen LogP contribution is -2.54. The fraction of sp³-hybridized carbons (Fsp3) is 0.312. The molecule has 0 radical (unpaired) electrons. The second-order valence-corrected chi connectivity index (χ2v) is 10.7. The molecule has 0 fully saturated rings. The highest BCUT2D eigenvalue weighted by Crippen LogP contribution is 2.31. The van der Waals surface area contributed by atoms with Gasteiger partial charge in [-0.05, 0) is 60.7 Å². The molecular formula is C32H36N6O2. The molecule has 0 unspecified atom stereocenters. The molecular weight excluding hydrogens is 500 g/mol. The normalized spacial score (nSPS) is 12.4. The third-order valence-corrected chi connectivity index (χ3v) is 7.63. The Kier molecular flexibility index (Phi) is 7.69. The van der Waals surface area contributed by atoms with E-state index in [0.717, 1.165) is 40.3 Å². The number of nitrogens with zero attached hydrogens (tertiary/aromatic N) is 4. The molecule has 0 saturated carbocycles. The van der Waals surface area contributed by atoms with Crippen molar-refractivity contribution in [1.82, 2.24) is 30.2 Å². The first-order valence-corrected chi connectivity index (χ1v) is 13.6. The minimum atomic E-state index is -1.44. The molecule has 0 saturated heterocycles. The topological polar surface area (TPSA) is 93.8 Å². The standard InChI is InChI=1S/C32H36N6O2/c1-22-15-28(37(3)35-22)18-32(19-29-16-23(2)36-38(29)4,30(39)33-20-24-9-6-5-7-10-24)31(40)34-21-25-13-14-26-11-8-12-27(26)17-25/h5-10,12-17H,11,18-21H2,1-4H3,(H,33,39)(H,34,40). The molecule has 2 aromatic carbocycles. The highest BCUT2D eigenvalue weighted by atomic mass is 16.2. The summed E-state index contributed by atoms with van der Waals surface area (Å²) in [5.74, 6) is -0.657. The maximum absolute atomic E-state index is 14.3. The first kappa shape index (κ1) is 27.1. The average molecular weight is 537 g/mol. The van der Waals surface area contributed by atoms with Crippen molar-refractivity contribution in [1.29, 1.82) is 0 Å². The zero-order chi connectivity index (χ0) is 28.3. The van der Waals surface area contributed by atoms with Crippen LogP contribution in [0, 0.1) is 19.3 Å². The van der Waals surface area contributed by atoms with Gasteiger partial charge in [0.25, 0.3) is 0 Å². The zero-order valence-electron chi connectivity index (χ0n) is 23.6. The van der Waals surface area contributed by atoms with Gasteiger partial charge in [0, 0.05) is 51.4 Å². The van der Waals surface area contributed by atoms with Crippen LogP contribution in [0.2, 0.25) is 0 Å². The van der Waals surface area contributed by atoms with E-state index < -0.39 is 5.41 Å². The van der Waals surface area contributed by atoms with Crippen molar-refractivity contribution in [2.45, 2.75) is 46.2 Å². The Morgan fingerprint density at radius 2 is 1.38 bits per heavy atom. The number of aromatic nitrogens is 4. The molecule has 2 aromatic heterocycles. The maximum Gasteiger partial charge on any atom is 0.236 e. The van der Waals surface area contributed by atoms with E-state index in [0.29, 0.717) is 13.1 Å². The lowest BCUT2D eigenvalue weighted by atomic mass is 9.76. The summed E-state index contributed by atoms with van der Waals surface area (Å²) in [5.41, 5.74) is 6.25. The molecule has 5 rings (SSSR count). The van der Waals surface area contributed by atoms with Crippen LogP contribution in [0.5, 0.6) is 0 Å². The molecule has 0 atom stereocenters. The van der Waals surface area contributed by atoms with Crippen LogP contribution in [0.25, 0.3) is 6.08 Å². The van der Waals surface area contributed by atoms with Crippen LogP contribution in [0.3, 0.4) is 0 Å². The number of aryl methyl sites for hydroxylation is 4. The van der Waals surface area contributed by atoms with Gasteiger partial charge in [-0.2, -0.15) is 10.2 Å². The van der Waals surface area contributed by atoms with Crippen LogP contribution >= 0.6 is 0 Å². The van der Waals surface area contributed by atoms with Crippen LogP contribution < -0.4 is 10.6 Å². The predicted octanol–water partition coefficient (Wildman–Crippen LogP) is 3.74. The van der Waals surface area contributed by atoms with Gasteiger partial charge in [-0.25, -0.2) is 0 Å². The fourth-order valence-electron chi connectivity index (χ4n) is 5.47. The molecule has 40 heavy (non-hydrogen) atoms. The molecule has 8 heteroatoms. The molecule has 8 nitrogen and oxygen atoms in total. The lowest BCUT2D eigenvalue weighted by molar-refractivity contribution is -0.144. The molecule has 1 aliphatic rings. The van der Waals surface area contributed by atoms with E-state index >= 15 is 0 Å². The van der Waals surface area contributed by atoms with E-state index in [9.17, 15) is 9.59 Å². The van der Waals surface area contributed by atoms with E-state index in [1.165, 1.54) is 11.1 Å². The van der Waals surface area contributed by atoms with Crippen molar-refractivity contribution < 1.29 is 9.59 Å². The third-order valence-electron chi connectivity index (χ3n) is 7.63. The average Bonchev–Trinajstić information content (AvgIpc) is 3.63. The Balaban J connectivity index is 1.50. The summed E-state index contributed by atoms with van der Waals surface area (Å²) < 4.78 is 3.51. The SMILES string of the molecule is Cc1cc(CC(Cc2cc(C)nn2C)(C(=O)NCc2ccccc2)C(=O)NCc2ccc3c(c2)C=CC3)n(C)n1. The highest BCUT2D eigenvalue weighted by molar-refractivity contribution is 6.05. The van der Waals surface area contributed by atoms with E-state index in [-0.39, 0.29) is 24.7 Å². The molecule has 0 spiro atoms. The van der Waals surface area contributed by atoms with Gasteiger partial charge in [0.15, 0.2) is 0 Å². The van der Waals surface area contributed by atoms with Crippen molar-refractivity contribution in [3.05, 3.63) is 112 Å². The highest BCUT2D eigenvalue weighted by Gasteiger charge is 2.47. The summed E-state index contributed by atoms with van der Waals surface area (Å²) in [6, 6.07) is 19.8. The maximum atomic E-state index is 14.3. The molecule has 2 amide bonds. The molecule has 2 N–H and O–H groups in total. The van der Waals surface area contributed by atoms with Crippen molar-refractivity contribution >= 4 is 17.9 Å². The minimum Gasteiger partial charge on any atom is -0.351 e. The van der Waals surface area contributed by atoms with Gasteiger partial charge >= 0.3 is 0 Å². The number of benzene rings is 2. The lowest BCUT2D eigenvalue weighted by Gasteiger charge is -2.31. The van der Waals surface area contributed by atoms with Gasteiger partial charge in [-0.15, -0.1) is 0 Å². The minimum absolute atomic E-state index is 0.188. The van der Waals surface area contributed by atoms with E-state index in [1.54, 1.807) is 9.36 Å². The summed E-state index contributed by atoms with van der Waals surface area (Å²) in [6.07, 6.45) is 5.56. The number of hydrogen-bond donors (Lipinski definition) is 2. The Hall–Kier alpha value is -4.46. The molecule has 4 aromatic rings. The summed E-state index contributed by atoms with van der Waals surface area (Å²) in [7, 11) is 3.69. The number of allylic oxidation sites excluding steroid dienone is 1. The third kappa shape index (κ3) is 5.76. The van der Waals surface area contributed by atoms with E-state index in [4.69, 9.17) is 0 Å². The van der Waals surface area contributed by atoms with Gasteiger partial charge in [-0.3, -0.25) is 19.0 Å². The number of amides is 2. The van der Waals surface area contributed by atoms with Gasteiger partial charge < -0.3 is 10.6 Å². The van der Waals surface area contributed by atoms with E-state index in [2.05, 4.69) is 45.1 Å². The summed E-state index contributed by atoms with van der Waals surface area (Å²) in [4.78, 5) is 28.6. The molecule has 0 aliphatic heterocycles. The molecule has 2 heterocycles. The first-order valence-electron chi connectivity index (χ1n) is 13.6. The number of fused-ring (bicyclic) bond motifs is 1. The van der Waals surface area contributed by atoms with Crippen LogP contribution in [0.4, 0.5) is 0 Å².